The summed E-state index contributed by atoms with van der Waals surface area (Å²) in [5, 5.41) is 11.1. The van der Waals surface area contributed by atoms with E-state index in [-0.39, 0.29) is 42.9 Å². The quantitative estimate of drug-likeness (QED) is 0.352. The highest BCUT2D eigenvalue weighted by Crippen LogP contribution is 2.12. The SMILES string of the molecule is CC(C)NCC(=O)N[C@H](C(=O)NC(C)C(=O)Nc1ccc(COC(=O)C(C)C)cc1)C(C)C. The second-order valence-electron chi connectivity index (χ2n) is 9.00. The summed E-state index contributed by atoms with van der Waals surface area (Å²) in [5.74, 6) is -1.72. The van der Waals surface area contributed by atoms with Crippen molar-refractivity contribution < 1.29 is 23.9 Å². The standard InChI is InChI=1S/C24H38N4O5/c1-14(2)21(28-20(29)12-25-16(5)6)23(31)26-17(7)22(30)27-19-10-8-18(9-11-19)13-33-24(32)15(3)4/h8-11,14-17,21,25H,12-13H2,1-7H3,(H,26,31)(H,27,30)(H,28,29)/t17?,21-/m0/s1. The molecule has 0 bridgehead atoms. The number of amides is 3. The fourth-order valence-electron chi connectivity index (χ4n) is 2.68. The molecular formula is C24H38N4O5. The maximum absolute atomic E-state index is 12.7. The van der Waals surface area contributed by atoms with E-state index in [9.17, 15) is 19.2 Å². The molecule has 0 aromatic heterocycles. The second kappa shape index (κ2) is 13.6. The van der Waals surface area contributed by atoms with E-state index in [2.05, 4.69) is 21.3 Å². The third kappa shape index (κ3) is 10.5. The van der Waals surface area contributed by atoms with E-state index in [0.29, 0.717) is 5.69 Å². The highest BCUT2D eigenvalue weighted by Gasteiger charge is 2.27. The maximum atomic E-state index is 12.7. The molecule has 0 saturated heterocycles. The Balaban J connectivity index is 2.60. The molecule has 184 valence electrons. The van der Waals surface area contributed by atoms with Gasteiger partial charge in [-0.2, -0.15) is 0 Å². The van der Waals surface area contributed by atoms with Gasteiger partial charge in [-0.1, -0.05) is 53.7 Å². The summed E-state index contributed by atoms with van der Waals surface area (Å²) in [5.41, 5.74) is 1.35. The number of carbonyl (C=O) groups excluding carboxylic acids is 4. The molecule has 9 heteroatoms. The monoisotopic (exact) mass is 462 g/mol. The normalized spacial score (nSPS) is 12.9. The first-order valence-electron chi connectivity index (χ1n) is 11.3. The lowest BCUT2D eigenvalue weighted by atomic mass is 10.0. The molecule has 0 fully saturated rings. The third-order valence-electron chi connectivity index (χ3n) is 4.76. The zero-order valence-corrected chi connectivity index (χ0v) is 20.7. The van der Waals surface area contributed by atoms with Crippen molar-refractivity contribution in [1.82, 2.24) is 16.0 Å². The lowest BCUT2D eigenvalue weighted by molar-refractivity contribution is -0.148. The molecule has 0 aliphatic rings. The van der Waals surface area contributed by atoms with Gasteiger partial charge in [-0.15, -0.1) is 0 Å². The van der Waals surface area contributed by atoms with Crippen LogP contribution in [0.5, 0.6) is 0 Å². The molecule has 3 amide bonds. The molecule has 1 unspecified atom stereocenters. The number of rotatable bonds is 12. The van der Waals surface area contributed by atoms with Crippen LogP contribution in [0, 0.1) is 11.8 Å². The van der Waals surface area contributed by atoms with Crippen LogP contribution in [0.25, 0.3) is 0 Å². The van der Waals surface area contributed by atoms with E-state index in [1.807, 2.05) is 27.7 Å². The van der Waals surface area contributed by atoms with Crippen molar-refractivity contribution in [3.8, 4) is 0 Å². The van der Waals surface area contributed by atoms with E-state index in [4.69, 9.17) is 4.74 Å². The van der Waals surface area contributed by atoms with Crippen molar-refractivity contribution in [3.05, 3.63) is 29.8 Å². The lowest BCUT2D eigenvalue weighted by Crippen LogP contribution is -2.55. The van der Waals surface area contributed by atoms with Crippen molar-refractivity contribution in [2.24, 2.45) is 11.8 Å². The predicted molar refractivity (Wildman–Crippen MR) is 127 cm³/mol. The van der Waals surface area contributed by atoms with Gasteiger partial charge in [-0.25, -0.2) is 0 Å². The highest BCUT2D eigenvalue weighted by atomic mass is 16.5. The zero-order valence-electron chi connectivity index (χ0n) is 20.7. The van der Waals surface area contributed by atoms with Crippen molar-refractivity contribution in [2.45, 2.75) is 73.2 Å². The Morgan fingerprint density at radius 1 is 0.848 bits per heavy atom. The van der Waals surface area contributed by atoms with Crippen LogP contribution in [-0.2, 0) is 30.5 Å². The Labute approximate surface area is 196 Å². The van der Waals surface area contributed by atoms with Gasteiger partial charge < -0.3 is 26.0 Å². The number of ether oxygens (including phenoxy) is 1. The van der Waals surface area contributed by atoms with Crippen LogP contribution >= 0.6 is 0 Å². The summed E-state index contributed by atoms with van der Waals surface area (Å²) >= 11 is 0. The molecule has 1 rings (SSSR count). The van der Waals surface area contributed by atoms with Gasteiger partial charge in [-0.3, -0.25) is 19.2 Å². The lowest BCUT2D eigenvalue weighted by Gasteiger charge is -2.24. The van der Waals surface area contributed by atoms with Gasteiger partial charge in [0.25, 0.3) is 0 Å². The van der Waals surface area contributed by atoms with Crippen LogP contribution in [0.15, 0.2) is 24.3 Å². The molecule has 0 aliphatic carbocycles. The minimum atomic E-state index is -0.809. The largest absolute Gasteiger partial charge is 0.461 e. The van der Waals surface area contributed by atoms with E-state index in [0.717, 1.165) is 5.56 Å². The van der Waals surface area contributed by atoms with Crippen molar-refractivity contribution in [2.75, 3.05) is 11.9 Å². The Hall–Kier alpha value is -2.94. The van der Waals surface area contributed by atoms with Gasteiger partial charge >= 0.3 is 5.97 Å². The van der Waals surface area contributed by atoms with Gasteiger partial charge in [0, 0.05) is 11.7 Å². The maximum Gasteiger partial charge on any atom is 0.308 e. The molecule has 1 aromatic carbocycles. The molecule has 4 N–H and O–H groups in total. The Kier molecular flexibility index (Phi) is 11.6. The third-order valence-corrected chi connectivity index (χ3v) is 4.76. The van der Waals surface area contributed by atoms with E-state index in [1.54, 1.807) is 45.0 Å². The number of hydrogen-bond donors (Lipinski definition) is 4. The average molecular weight is 463 g/mol. The first-order valence-corrected chi connectivity index (χ1v) is 11.3. The summed E-state index contributed by atoms with van der Waals surface area (Å²) in [6.45, 7) is 12.9. The second-order valence-corrected chi connectivity index (χ2v) is 9.00. The molecule has 0 spiro atoms. The molecular weight excluding hydrogens is 424 g/mol. The van der Waals surface area contributed by atoms with Crippen molar-refractivity contribution >= 4 is 29.4 Å². The number of carbonyl (C=O) groups is 4. The Morgan fingerprint density at radius 3 is 1.97 bits per heavy atom. The van der Waals surface area contributed by atoms with Crippen LogP contribution in [0.2, 0.25) is 0 Å². The van der Waals surface area contributed by atoms with Crippen molar-refractivity contribution in [1.29, 1.82) is 0 Å². The molecule has 0 radical (unpaired) electrons. The van der Waals surface area contributed by atoms with Crippen molar-refractivity contribution in [3.63, 3.8) is 0 Å². The number of hydrogen-bond acceptors (Lipinski definition) is 6. The van der Waals surface area contributed by atoms with E-state index >= 15 is 0 Å². The molecule has 33 heavy (non-hydrogen) atoms. The number of anilines is 1. The van der Waals surface area contributed by atoms with Crippen LogP contribution < -0.4 is 21.3 Å². The minimum Gasteiger partial charge on any atom is -0.461 e. The summed E-state index contributed by atoms with van der Waals surface area (Å²) in [7, 11) is 0. The molecule has 0 saturated carbocycles. The summed E-state index contributed by atoms with van der Waals surface area (Å²) in [6, 6.07) is 5.48. The molecule has 0 aliphatic heterocycles. The number of benzene rings is 1. The predicted octanol–water partition coefficient (Wildman–Crippen LogP) is 1.97. The molecule has 0 heterocycles. The van der Waals surface area contributed by atoms with Crippen LogP contribution in [-0.4, -0.2) is 48.4 Å². The number of esters is 1. The van der Waals surface area contributed by atoms with Crippen LogP contribution in [0.3, 0.4) is 0 Å². The van der Waals surface area contributed by atoms with Crippen LogP contribution in [0.1, 0.15) is 54.0 Å². The smallest absolute Gasteiger partial charge is 0.308 e. The molecule has 9 nitrogen and oxygen atoms in total. The van der Waals surface area contributed by atoms with E-state index in [1.165, 1.54) is 0 Å². The zero-order chi connectivity index (χ0) is 25.1. The Morgan fingerprint density at radius 2 is 1.45 bits per heavy atom. The molecule has 1 aromatic rings. The van der Waals surface area contributed by atoms with Crippen LogP contribution in [0.4, 0.5) is 5.69 Å². The van der Waals surface area contributed by atoms with Gasteiger partial charge in [-0.05, 0) is 30.5 Å². The number of nitrogens with one attached hydrogen (secondary N) is 4. The summed E-state index contributed by atoms with van der Waals surface area (Å²) in [4.78, 5) is 48.9. The summed E-state index contributed by atoms with van der Waals surface area (Å²) < 4.78 is 5.18. The topological polar surface area (TPSA) is 126 Å². The fraction of sp³-hybridized carbons (Fsp3) is 0.583. The summed E-state index contributed by atoms with van der Waals surface area (Å²) in [6.07, 6.45) is 0. The van der Waals surface area contributed by atoms with Gasteiger partial charge in [0.2, 0.25) is 17.7 Å². The average Bonchev–Trinajstić information content (AvgIpc) is 2.74. The minimum absolute atomic E-state index is 0.108. The first-order chi connectivity index (χ1) is 15.4. The van der Waals surface area contributed by atoms with Gasteiger partial charge in [0.05, 0.1) is 12.5 Å². The molecule has 2 atom stereocenters. The van der Waals surface area contributed by atoms with E-state index < -0.39 is 23.9 Å². The van der Waals surface area contributed by atoms with Gasteiger partial charge in [0.15, 0.2) is 0 Å². The Bertz CT molecular complexity index is 806. The fourth-order valence-corrected chi connectivity index (χ4v) is 2.68. The highest BCUT2D eigenvalue weighted by molar-refractivity contribution is 5.98. The first kappa shape index (κ1) is 28.1. The van der Waals surface area contributed by atoms with Gasteiger partial charge in [0.1, 0.15) is 18.7 Å².